The van der Waals surface area contributed by atoms with Crippen molar-refractivity contribution in [2.24, 2.45) is 5.73 Å². The number of likely N-dealkylation sites (N-methyl/N-ethyl adjacent to an activating group) is 1. The van der Waals surface area contributed by atoms with Gasteiger partial charge in [-0.05, 0) is 50.5 Å². The Morgan fingerprint density at radius 1 is 1.10 bits per heavy atom. The summed E-state index contributed by atoms with van der Waals surface area (Å²) in [6, 6.07) is 4.96. The van der Waals surface area contributed by atoms with Gasteiger partial charge in [0, 0.05) is 17.5 Å². The third-order valence-corrected chi connectivity index (χ3v) is 5.27. The lowest BCUT2D eigenvalue weighted by molar-refractivity contribution is 0.168. The van der Waals surface area contributed by atoms with Crippen molar-refractivity contribution in [2.75, 3.05) is 32.7 Å². The Hall–Kier alpha value is -0.420. The molecule has 0 aliphatic rings. The molecule has 0 fully saturated rings. The highest BCUT2D eigenvalue weighted by Crippen LogP contribution is 2.28. The van der Waals surface area contributed by atoms with E-state index in [0.717, 1.165) is 32.6 Å². The summed E-state index contributed by atoms with van der Waals surface area (Å²) >= 11 is 1.84. The summed E-state index contributed by atoms with van der Waals surface area (Å²) in [6.07, 6.45) is 2.24. The topological polar surface area (TPSA) is 32.5 Å². The fourth-order valence-corrected chi connectivity index (χ4v) is 3.81. The second-order valence-electron chi connectivity index (χ2n) is 5.54. The monoisotopic (exact) mass is 311 g/mol. The van der Waals surface area contributed by atoms with E-state index in [1.165, 1.54) is 17.8 Å². The number of hydrogen-bond donors (Lipinski definition) is 1. The van der Waals surface area contributed by atoms with Gasteiger partial charge in [-0.3, -0.25) is 4.90 Å². The summed E-state index contributed by atoms with van der Waals surface area (Å²) < 4.78 is 0. The van der Waals surface area contributed by atoms with Crippen LogP contribution in [-0.4, -0.2) is 48.6 Å². The number of nitrogens with zero attached hydrogens (tertiary/aromatic N) is 2. The van der Waals surface area contributed by atoms with E-state index in [2.05, 4.69) is 55.0 Å². The molecule has 0 radical (unpaired) electrons. The summed E-state index contributed by atoms with van der Waals surface area (Å²) in [7, 11) is 0. The van der Waals surface area contributed by atoms with Crippen LogP contribution < -0.4 is 5.73 Å². The molecule has 1 aromatic rings. The second kappa shape index (κ2) is 10.3. The van der Waals surface area contributed by atoms with Gasteiger partial charge in [0.2, 0.25) is 0 Å². The zero-order valence-electron chi connectivity index (χ0n) is 14.2. The molecule has 0 aromatic carbocycles. The summed E-state index contributed by atoms with van der Waals surface area (Å²) in [5.74, 6) is 0. The second-order valence-corrected chi connectivity index (χ2v) is 6.52. The van der Waals surface area contributed by atoms with Crippen molar-refractivity contribution in [3.63, 3.8) is 0 Å². The van der Waals surface area contributed by atoms with Crippen molar-refractivity contribution in [1.29, 1.82) is 0 Å². The molecule has 0 saturated heterocycles. The first-order valence-electron chi connectivity index (χ1n) is 8.43. The largest absolute Gasteiger partial charge is 0.326 e. The first-order chi connectivity index (χ1) is 10.2. The fraction of sp³-hybridized carbons (Fsp3) is 0.765. The predicted octanol–water partition coefficient (Wildman–Crippen LogP) is 3.58. The molecule has 0 amide bonds. The molecule has 0 spiro atoms. The van der Waals surface area contributed by atoms with Crippen LogP contribution in [0.25, 0.3) is 0 Å². The lowest BCUT2D eigenvalue weighted by Crippen LogP contribution is -2.41. The van der Waals surface area contributed by atoms with Gasteiger partial charge in [0.15, 0.2) is 0 Å². The summed E-state index contributed by atoms with van der Waals surface area (Å²) in [5.41, 5.74) is 6.42. The van der Waals surface area contributed by atoms with E-state index in [1.807, 2.05) is 11.3 Å². The van der Waals surface area contributed by atoms with Gasteiger partial charge in [-0.1, -0.05) is 33.8 Å². The molecule has 1 rings (SSSR count). The molecule has 0 aliphatic carbocycles. The highest BCUT2D eigenvalue weighted by molar-refractivity contribution is 7.10. The van der Waals surface area contributed by atoms with Crippen molar-refractivity contribution in [3.8, 4) is 0 Å². The van der Waals surface area contributed by atoms with Crippen molar-refractivity contribution < 1.29 is 0 Å². The van der Waals surface area contributed by atoms with Crippen molar-refractivity contribution >= 4 is 11.3 Å². The van der Waals surface area contributed by atoms with Gasteiger partial charge in [0.05, 0.1) is 6.04 Å². The normalized spacial score (nSPS) is 14.8. The zero-order valence-corrected chi connectivity index (χ0v) is 15.0. The SMILES string of the molecule is CCC(N)C(c1cccs1)N(CC)CCCN(CC)CC. The number of thiophene rings is 1. The van der Waals surface area contributed by atoms with Crippen LogP contribution in [-0.2, 0) is 0 Å². The highest BCUT2D eigenvalue weighted by Gasteiger charge is 2.25. The molecule has 2 unspecified atom stereocenters. The van der Waals surface area contributed by atoms with Crippen molar-refractivity contribution in [1.82, 2.24) is 9.80 Å². The van der Waals surface area contributed by atoms with Crippen LogP contribution in [0.4, 0.5) is 0 Å². The van der Waals surface area contributed by atoms with Crippen LogP contribution in [0, 0.1) is 0 Å². The van der Waals surface area contributed by atoms with Gasteiger partial charge in [-0.25, -0.2) is 0 Å². The zero-order chi connectivity index (χ0) is 15.7. The number of nitrogens with two attached hydrogens (primary N) is 1. The number of rotatable bonds is 11. The first-order valence-corrected chi connectivity index (χ1v) is 9.31. The van der Waals surface area contributed by atoms with Crippen LogP contribution in [0.2, 0.25) is 0 Å². The minimum Gasteiger partial charge on any atom is -0.326 e. The molecule has 1 aromatic heterocycles. The van der Waals surface area contributed by atoms with Crippen LogP contribution in [0.3, 0.4) is 0 Å². The predicted molar refractivity (Wildman–Crippen MR) is 95.0 cm³/mol. The maximum atomic E-state index is 6.42. The Morgan fingerprint density at radius 2 is 1.81 bits per heavy atom. The summed E-state index contributed by atoms with van der Waals surface area (Å²) in [4.78, 5) is 6.46. The van der Waals surface area contributed by atoms with Crippen LogP contribution in [0.5, 0.6) is 0 Å². The first kappa shape index (κ1) is 18.6. The van der Waals surface area contributed by atoms with E-state index in [0.29, 0.717) is 6.04 Å². The van der Waals surface area contributed by atoms with Gasteiger partial charge >= 0.3 is 0 Å². The molecule has 0 saturated carbocycles. The van der Waals surface area contributed by atoms with Crippen LogP contribution in [0.1, 0.15) is 51.5 Å². The molecule has 0 aliphatic heterocycles. The lowest BCUT2D eigenvalue weighted by atomic mass is 10.0. The minimum atomic E-state index is 0.219. The Morgan fingerprint density at radius 3 is 2.29 bits per heavy atom. The molecule has 3 nitrogen and oxygen atoms in total. The van der Waals surface area contributed by atoms with E-state index >= 15 is 0 Å². The quantitative estimate of drug-likeness (QED) is 0.678. The van der Waals surface area contributed by atoms with Crippen molar-refractivity contribution in [3.05, 3.63) is 22.4 Å². The molecule has 4 heteroatoms. The van der Waals surface area contributed by atoms with Gasteiger partial charge < -0.3 is 10.6 Å². The number of hydrogen-bond acceptors (Lipinski definition) is 4. The molecule has 1 heterocycles. The van der Waals surface area contributed by atoms with E-state index < -0.39 is 0 Å². The Kier molecular flexibility index (Phi) is 9.16. The van der Waals surface area contributed by atoms with Gasteiger partial charge in [-0.2, -0.15) is 0 Å². The van der Waals surface area contributed by atoms with E-state index in [-0.39, 0.29) is 6.04 Å². The van der Waals surface area contributed by atoms with E-state index in [9.17, 15) is 0 Å². The molecule has 122 valence electrons. The Balaban J connectivity index is 2.65. The maximum Gasteiger partial charge on any atom is 0.0593 e. The third-order valence-electron chi connectivity index (χ3n) is 4.33. The smallest absolute Gasteiger partial charge is 0.0593 e. The molecular formula is C17H33N3S. The Bertz CT molecular complexity index is 349. The van der Waals surface area contributed by atoms with E-state index in [1.54, 1.807) is 0 Å². The maximum absolute atomic E-state index is 6.42. The highest BCUT2D eigenvalue weighted by atomic mass is 32.1. The summed E-state index contributed by atoms with van der Waals surface area (Å²) in [5, 5.41) is 2.16. The van der Waals surface area contributed by atoms with E-state index in [4.69, 9.17) is 5.73 Å². The molecule has 2 atom stereocenters. The van der Waals surface area contributed by atoms with Gasteiger partial charge in [0.1, 0.15) is 0 Å². The minimum absolute atomic E-state index is 0.219. The standard InChI is InChI=1S/C17H33N3S/c1-5-15(18)17(16-11-9-14-21-16)20(8-4)13-10-12-19(6-2)7-3/h9,11,14-15,17H,5-8,10,12-13,18H2,1-4H3. The third kappa shape index (κ3) is 5.70. The van der Waals surface area contributed by atoms with Gasteiger partial charge in [-0.15, -0.1) is 11.3 Å². The fourth-order valence-electron chi connectivity index (χ4n) is 2.88. The van der Waals surface area contributed by atoms with Crippen LogP contribution >= 0.6 is 11.3 Å². The Labute approximate surface area is 135 Å². The van der Waals surface area contributed by atoms with Crippen LogP contribution in [0.15, 0.2) is 17.5 Å². The average Bonchev–Trinajstić information content (AvgIpc) is 3.03. The summed E-state index contributed by atoms with van der Waals surface area (Å²) in [6.45, 7) is 14.6. The molecule has 0 bridgehead atoms. The average molecular weight is 312 g/mol. The molecule has 2 N–H and O–H groups in total. The van der Waals surface area contributed by atoms with Gasteiger partial charge in [0.25, 0.3) is 0 Å². The van der Waals surface area contributed by atoms with Crippen molar-refractivity contribution in [2.45, 2.75) is 52.6 Å². The molecular weight excluding hydrogens is 278 g/mol. The molecule has 21 heavy (non-hydrogen) atoms. The lowest BCUT2D eigenvalue weighted by Gasteiger charge is -2.34.